The first-order valence-corrected chi connectivity index (χ1v) is 2.99. The molecule has 1 unspecified atom stereocenters. The lowest BCUT2D eigenvalue weighted by Gasteiger charge is -1.85. The van der Waals surface area contributed by atoms with Gasteiger partial charge < -0.3 is 5.11 Å². The van der Waals surface area contributed by atoms with Gasteiger partial charge in [-0.25, -0.2) is 0 Å². The van der Waals surface area contributed by atoms with E-state index in [0.717, 1.165) is 5.92 Å². The van der Waals surface area contributed by atoms with Gasteiger partial charge in [-0.1, -0.05) is 13.3 Å². The van der Waals surface area contributed by atoms with Crippen LogP contribution in [-0.4, -0.2) is 11.7 Å². The Morgan fingerprint density at radius 3 is 2.43 bits per heavy atom. The van der Waals surface area contributed by atoms with Gasteiger partial charge in [0, 0.05) is 6.61 Å². The van der Waals surface area contributed by atoms with Crippen LogP contribution in [0.4, 0.5) is 0 Å². The molecular formula is C6H12O. The first kappa shape index (κ1) is 5.10. The summed E-state index contributed by atoms with van der Waals surface area (Å²) in [6.45, 7) is 2.60. The highest BCUT2D eigenvalue weighted by atomic mass is 16.3. The van der Waals surface area contributed by atoms with E-state index in [1.54, 1.807) is 0 Å². The van der Waals surface area contributed by atoms with Crippen LogP contribution in [0.25, 0.3) is 0 Å². The quantitative estimate of drug-likeness (QED) is 0.549. The fourth-order valence-corrected chi connectivity index (χ4v) is 1.03. The summed E-state index contributed by atoms with van der Waals surface area (Å²) in [5.74, 6) is 1.54. The van der Waals surface area contributed by atoms with Gasteiger partial charge in [-0.3, -0.25) is 0 Å². The minimum Gasteiger partial charge on any atom is -0.396 e. The van der Waals surface area contributed by atoms with Crippen LogP contribution in [0.1, 0.15) is 19.8 Å². The van der Waals surface area contributed by atoms with Gasteiger partial charge in [-0.05, 0) is 18.3 Å². The van der Waals surface area contributed by atoms with Crippen LogP contribution in [-0.2, 0) is 0 Å². The molecule has 0 saturated heterocycles. The summed E-state index contributed by atoms with van der Waals surface area (Å²) in [5.41, 5.74) is 0. The minimum absolute atomic E-state index is 0.415. The van der Waals surface area contributed by atoms with Gasteiger partial charge in [0.1, 0.15) is 0 Å². The van der Waals surface area contributed by atoms with Gasteiger partial charge >= 0.3 is 0 Å². The second-order valence-electron chi connectivity index (χ2n) is 2.35. The zero-order chi connectivity index (χ0) is 5.28. The van der Waals surface area contributed by atoms with Gasteiger partial charge in [-0.2, -0.15) is 0 Å². The predicted molar refractivity (Wildman–Crippen MR) is 29.0 cm³/mol. The van der Waals surface area contributed by atoms with Gasteiger partial charge in [0.2, 0.25) is 0 Å². The minimum atomic E-state index is 0.415. The molecule has 7 heavy (non-hydrogen) atoms. The number of hydrogen-bond acceptors (Lipinski definition) is 1. The maximum Gasteiger partial charge on any atom is 0.0462 e. The Morgan fingerprint density at radius 1 is 1.57 bits per heavy atom. The molecule has 1 nitrogen and oxygen atoms in total. The van der Waals surface area contributed by atoms with E-state index in [9.17, 15) is 0 Å². The number of aliphatic hydroxyl groups excluding tert-OH is 1. The van der Waals surface area contributed by atoms with Crippen molar-refractivity contribution in [2.45, 2.75) is 19.8 Å². The molecule has 42 valence electrons. The topological polar surface area (TPSA) is 20.2 Å². The average Bonchev–Trinajstić information content (AvgIpc) is 2.43. The molecule has 0 amide bonds. The Labute approximate surface area is 44.4 Å². The molecule has 0 heterocycles. The van der Waals surface area contributed by atoms with E-state index >= 15 is 0 Å². The van der Waals surface area contributed by atoms with Crippen LogP contribution < -0.4 is 0 Å². The molecule has 1 heteroatoms. The van der Waals surface area contributed by atoms with Crippen molar-refractivity contribution in [1.82, 2.24) is 0 Å². The fourth-order valence-electron chi connectivity index (χ4n) is 1.03. The van der Waals surface area contributed by atoms with Gasteiger partial charge in [-0.15, -0.1) is 0 Å². The highest BCUT2D eigenvalue weighted by molar-refractivity contribution is 4.83. The summed E-state index contributed by atoms with van der Waals surface area (Å²) >= 11 is 0. The fraction of sp³-hybridized carbons (Fsp3) is 1.00. The third kappa shape index (κ3) is 0.942. The highest BCUT2D eigenvalue weighted by Crippen LogP contribution is 2.39. The molecule has 0 bridgehead atoms. The van der Waals surface area contributed by atoms with Crippen molar-refractivity contribution in [3.63, 3.8) is 0 Å². The Balaban J connectivity index is 2.06. The van der Waals surface area contributed by atoms with E-state index in [-0.39, 0.29) is 0 Å². The van der Waals surface area contributed by atoms with E-state index in [0.29, 0.717) is 12.5 Å². The Kier molecular flexibility index (Phi) is 1.33. The van der Waals surface area contributed by atoms with Crippen molar-refractivity contribution >= 4 is 0 Å². The molecule has 1 aliphatic rings. The van der Waals surface area contributed by atoms with Gasteiger partial charge in [0.05, 0.1) is 0 Å². The number of hydrogen-bond donors (Lipinski definition) is 1. The standard InChI is InChI=1S/C6H12O/c1-2-5-3-6(5)4-7/h5-7H,2-4H2,1H3/t5?,6-/m0/s1. The smallest absolute Gasteiger partial charge is 0.0462 e. The molecule has 0 radical (unpaired) electrons. The molecule has 0 spiro atoms. The Bertz CT molecular complexity index is 53.2. The molecule has 1 fully saturated rings. The maximum absolute atomic E-state index is 8.51. The summed E-state index contributed by atoms with van der Waals surface area (Å²) in [7, 11) is 0. The summed E-state index contributed by atoms with van der Waals surface area (Å²) in [6, 6.07) is 0. The molecular weight excluding hydrogens is 88.1 g/mol. The van der Waals surface area contributed by atoms with Crippen LogP contribution >= 0.6 is 0 Å². The van der Waals surface area contributed by atoms with E-state index in [1.807, 2.05) is 0 Å². The van der Waals surface area contributed by atoms with Crippen LogP contribution in [0.15, 0.2) is 0 Å². The monoisotopic (exact) mass is 100 g/mol. The molecule has 0 aromatic heterocycles. The van der Waals surface area contributed by atoms with E-state index in [2.05, 4.69) is 6.92 Å². The van der Waals surface area contributed by atoms with Crippen LogP contribution in [0, 0.1) is 11.8 Å². The lowest BCUT2D eigenvalue weighted by atomic mass is 10.3. The van der Waals surface area contributed by atoms with Gasteiger partial charge in [0.15, 0.2) is 0 Å². The zero-order valence-corrected chi connectivity index (χ0v) is 4.72. The zero-order valence-electron chi connectivity index (χ0n) is 4.72. The Morgan fingerprint density at radius 2 is 2.29 bits per heavy atom. The van der Waals surface area contributed by atoms with Crippen molar-refractivity contribution in [1.29, 1.82) is 0 Å². The first-order chi connectivity index (χ1) is 3.38. The van der Waals surface area contributed by atoms with Crippen molar-refractivity contribution in [2.75, 3.05) is 6.61 Å². The number of rotatable bonds is 2. The number of aliphatic hydroxyl groups is 1. The molecule has 0 aromatic rings. The molecule has 0 aliphatic heterocycles. The highest BCUT2D eigenvalue weighted by Gasteiger charge is 2.33. The lowest BCUT2D eigenvalue weighted by Crippen LogP contribution is -1.85. The van der Waals surface area contributed by atoms with E-state index < -0.39 is 0 Å². The largest absolute Gasteiger partial charge is 0.396 e. The van der Waals surface area contributed by atoms with Crippen molar-refractivity contribution in [3.8, 4) is 0 Å². The average molecular weight is 100 g/mol. The second-order valence-corrected chi connectivity index (χ2v) is 2.35. The predicted octanol–water partition coefficient (Wildman–Crippen LogP) is 1.02. The van der Waals surface area contributed by atoms with Crippen LogP contribution in [0.5, 0.6) is 0 Å². The molecule has 2 atom stereocenters. The molecule has 1 saturated carbocycles. The van der Waals surface area contributed by atoms with E-state index in [4.69, 9.17) is 5.11 Å². The summed E-state index contributed by atoms with van der Waals surface area (Å²) < 4.78 is 0. The Hall–Kier alpha value is -0.0400. The van der Waals surface area contributed by atoms with Gasteiger partial charge in [0.25, 0.3) is 0 Å². The normalized spacial score (nSPS) is 38.6. The van der Waals surface area contributed by atoms with Crippen molar-refractivity contribution in [3.05, 3.63) is 0 Å². The maximum atomic E-state index is 8.51. The van der Waals surface area contributed by atoms with Crippen LogP contribution in [0.2, 0.25) is 0 Å². The molecule has 1 aliphatic carbocycles. The summed E-state index contributed by atoms with van der Waals surface area (Å²) in [4.78, 5) is 0. The summed E-state index contributed by atoms with van der Waals surface area (Å²) in [6.07, 6.45) is 2.53. The summed E-state index contributed by atoms with van der Waals surface area (Å²) in [5, 5.41) is 8.51. The molecule has 0 aromatic carbocycles. The third-order valence-corrected chi connectivity index (χ3v) is 1.83. The SMILES string of the molecule is CCC1C[C@H]1CO. The lowest BCUT2D eigenvalue weighted by molar-refractivity contribution is 0.268. The molecule has 1 N–H and O–H groups in total. The third-order valence-electron chi connectivity index (χ3n) is 1.83. The van der Waals surface area contributed by atoms with Crippen molar-refractivity contribution < 1.29 is 5.11 Å². The second kappa shape index (κ2) is 1.83. The van der Waals surface area contributed by atoms with Crippen LogP contribution in [0.3, 0.4) is 0 Å². The molecule has 1 rings (SSSR count). The van der Waals surface area contributed by atoms with Crippen molar-refractivity contribution in [2.24, 2.45) is 11.8 Å². The van der Waals surface area contributed by atoms with E-state index in [1.165, 1.54) is 12.8 Å². The first-order valence-electron chi connectivity index (χ1n) is 2.99.